The molecule has 3 rings (SSSR count). The highest BCUT2D eigenvalue weighted by atomic mass is 35.5. The monoisotopic (exact) mass is 387 g/mol. The zero-order valence-electron chi connectivity index (χ0n) is 13.4. The molecule has 0 fully saturated rings. The molecule has 0 radical (unpaired) electrons. The van der Waals surface area contributed by atoms with Crippen LogP contribution in [-0.2, 0) is 23.9 Å². The molecule has 0 unspecified atom stereocenters. The fourth-order valence-electron chi connectivity index (χ4n) is 2.82. The average Bonchev–Trinajstić information content (AvgIpc) is 2.59. The zero-order valence-corrected chi connectivity index (χ0v) is 14.2. The van der Waals surface area contributed by atoms with Gasteiger partial charge in [0.2, 0.25) is 5.91 Å². The molecule has 138 valence electrons. The van der Waals surface area contributed by atoms with Crippen LogP contribution in [0.1, 0.15) is 16.7 Å². The molecule has 26 heavy (non-hydrogen) atoms. The fourth-order valence-corrected chi connectivity index (χ4v) is 2.98. The molecule has 0 aromatic heterocycles. The van der Waals surface area contributed by atoms with E-state index in [2.05, 4.69) is 0 Å². The number of fused-ring (bicyclic) bond motifs is 1. The Hall–Kier alpha value is -2.28. The maximum atomic E-state index is 13.6. The van der Waals surface area contributed by atoms with E-state index in [1.807, 2.05) is 0 Å². The lowest BCUT2D eigenvalue weighted by molar-refractivity contribution is -0.140. The molecular weight excluding hydrogens is 374 g/mol. The Morgan fingerprint density at radius 1 is 1.12 bits per heavy atom. The minimum absolute atomic E-state index is 0.0230. The molecule has 0 saturated carbocycles. The first kappa shape index (κ1) is 18.5. The third kappa shape index (κ3) is 3.93. The summed E-state index contributed by atoms with van der Waals surface area (Å²) in [5.74, 6) is -1.23. The second kappa shape index (κ2) is 7.15. The van der Waals surface area contributed by atoms with Crippen molar-refractivity contribution in [3.05, 3.63) is 58.9 Å². The lowest BCUT2D eigenvalue weighted by Crippen LogP contribution is -2.36. The molecule has 1 aliphatic rings. The molecule has 0 aliphatic carbocycles. The third-order valence-electron chi connectivity index (χ3n) is 4.14. The fraction of sp³-hybridized carbons (Fsp3) is 0.278. The van der Waals surface area contributed by atoms with E-state index >= 15 is 0 Å². The number of alkyl halides is 4. The number of carbonyl (C=O) groups excluding carboxylic acids is 1. The summed E-state index contributed by atoms with van der Waals surface area (Å²) in [6.07, 6.45) is -4.14. The van der Waals surface area contributed by atoms with Crippen molar-refractivity contribution in [3.63, 3.8) is 0 Å². The van der Waals surface area contributed by atoms with Crippen molar-refractivity contribution < 1.29 is 27.1 Å². The second-order valence-electron chi connectivity index (χ2n) is 5.87. The molecule has 0 spiro atoms. The van der Waals surface area contributed by atoms with Crippen LogP contribution in [0.3, 0.4) is 0 Å². The molecule has 2 aromatic rings. The summed E-state index contributed by atoms with van der Waals surface area (Å²) in [5.41, 5.74) is 0.577. The lowest BCUT2D eigenvalue weighted by Gasteiger charge is -2.28. The highest BCUT2D eigenvalue weighted by molar-refractivity contribution is 6.27. The van der Waals surface area contributed by atoms with Crippen LogP contribution in [0.5, 0.6) is 11.5 Å². The average molecular weight is 388 g/mol. The van der Waals surface area contributed by atoms with Crippen LogP contribution in [0.25, 0.3) is 0 Å². The van der Waals surface area contributed by atoms with Crippen molar-refractivity contribution >= 4 is 17.5 Å². The van der Waals surface area contributed by atoms with Crippen LogP contribution in [0.15, 0.2) is 36.4 Å². The van der Waals surface area contributed by atoms with Gasteiger partial charge in [0.25, 0.3) is 0 Å². The zero-order chi connectivity index (χ0) is 18.9. The van der Waals surface area contributed by atoms with E-state index in [0.717, 1.165) is 17.2 Å². The predicted molar refractivity (Wildman–Crippen MR) is 87.8 cm³/mol. The number of hydrogen-bond acceptors (Lipinski definition) is 2. The van der Waals surface area contributed by atoms with Crippen molar-refractivity contribution in [2.45, 2.75) is 19.1 Å². The van der Waals surface area contributed by atoms with Gasteiger partial charge >= 0.3 is 6.18 Å². The Bertz CT molecular complexity index is 838. The van der Waals surface area contributed by atoms with Crippen LogP contribution < -0.4 is 4.74 Å². The molecule has 8 heteroatoms. The van der Waals surface area contributed by atoms with Gasteiger partial charge in [-0.2, -0.15) is 13.2 Å². The van der Waals surface area contributed by atoms with Gasteiger partial charge < -0.3 is 9.64 Å². The molecule has 1 aliphatic heterocycles. The number of hydrogen-bond donors (Lipinski definition) is 0. The maximum Gasteiger partial charge on any atom is 0.419 e. The van der Waals surface area contributed by atoms with Crippen molar-refractivity contribution in [1.29, 1.82) is 0 Å². The Morgan fingerprint density at radius 2 is 1.81 bits per heavy atom. The highest BCUT2D eigenvalue weighted by Gasteiger charge is 2.34. The summed E-state index contributed by atoms with van der Waals surface area (Å²) in [4.78, 5) is 13.3. The first-order valence-electron chi connectivity index (χ1n) is 7.78. The summed E-state index contributed by atoms with van der Waals surface area (Å²) < 4.78 is 56.9. The number of ether oxygens (including phenoxy) is 1. The highest BCUT2D eigenvalue weighted by Crippen LogP contribution is 2.34. The largest absolute Gasteiger partial charge is 0.457 e. The second-order valence-corrected chi connectivity index (χ2v) is 6.14. The van der Waals surface area contributed by atoms with Crippen molar-refractivity contribution in [2.75, 3.05) is 12.4 Å². The first-order valence-corrected chi connectivity index (χ1v) is 8.31. The Morgan fingerprint density at radius 3 is 2.46 bits per heavy atom. The van der Waals surface area contributed by atoms with Gasteiger partial charge in [0.15, 0.2) is 0 Å². The van der Waals surface area contributed by atoms with Gasteiger partial charge in [-0.3, -0.25) is 4.79 Å². The summed E-state index contributed by atoms with van der Waals surface area (Å²) in [7, 11) is 0. The van der Waals surface area contributed by atoms with E-state index in [-0.39, 0.29) is 17.5 Å². The predicted octanol–water partition coefficient (Wildman–Crippen LogP) is 4.76. The Labute approximate surface area is 152 Å². The van der Waals surface area contributed by atoms with Gasteiger partial charge in [0, 0.05) is 19.2 Å². The van der Waals surface area contributed by atoms with E-state index in [1.165, 1.54) is 0 Å². The van der Waals surface area contributed by atoms with Gasteiger partial charge in [-0.25, -0.2) is 4.39 Å². The minimum Gasteiger partial charge on any atom is -0.457 e. The third-order valence-corrected chi connectivity index (χ3v) is 4.37. The van der Waals surface area contributed by atoms with Crippen LogP contribution in [-0.4, -0.2) is 23.2 Å². The standard InChI is InChI=1S/C18H14ClF4NO2/c19-9-17(25)24-6-5-11-7-13(2-1-12(11)10-24)26-14-3-4-15(16(20)8-14)18(21,22)23/h1-4,7-8H,5-6,9-10H2. The first-order chi connectivity index (χ1) is 12.3. The van der Waals surface area contributed by atoms with Crippen molar-refractivity contribution in [3.8, 4) is 11.5 Å². The van der Waals surface area contributed by atoms with E-state index in [4.69, 9.17) is 16.3 Å². The number of rotatable bonds is 3. The maximum absolute atomic E-state index is 13.6. The summed E-state index contributed by atoms with van der Waals surface area (Å²) in [6.45, 7) is 0.965. The van der Waals surface area contributed by atoms with E-state index < -0.39 is 17.6 Å². The number of halogens is 5. The molecule has 3 nitrogen and oxygen atoms in total. The molecule has 0 bridgehead atoms. The molecule has 0 atom stereocenters. The topological polar surface area (TPSA) is 29.5 Å². The van der Waals surface area contributed by atoms with Crippen LogP contribution in [0, 0.1) is 5.82 Å². The lowest BCUT2D eigenvalue weighted by atomic mass is 9.99. The molecule has 0 N–H and O–H groups in total. The molecule has 1 heterocycles. The number of amides is 1. The quantitative estimate of drug-likeness (QED) is 0.561. The number of benzene rings is 2. The Balaban J connectivity index is 1.76. The van der Waals surface area contributed by atoms with E-state index in [0.29, 0.717) is 37.4 Å². The van der Waals surface area contributed by atoms with Crippen LogP contribution >= 0.6 is 11.6 Å². The molecular formula is C18H14ClF4NO2. The Kier molecular flexibility index (Phi) is 5.09. The summed E-state index contributed by atoms with van der Waals surface area (Å²) in [6, 6.07) is 7.59. The summed E-state index contributed by atoms with van der Waals surface area (Å²) >= 11 is 5.57. The molecule has 1 amide bonds. The van der Waals surface area contributed by atoms with Gasteiger partial charge in [0.1, 0.15) is 23.2 Å². The number of carbonyl (C=O) groups is 1. The SMILES string of the molecule is O=C(CCl)N1CCc2cc(Oc3ccc(C(F)(F)F)c(F)c3)ccc2C1. The minimum atomic E-state index is -4.75. The molecule has 0 saturated heterocycles. The van der Waals surface area contributed by atoms with E-state index in [1.54, 1.807) is 23.1 Å². The van der Waals surface area contributed by atoms with Gasteiger partial charge in [-0.05, 0) is 41.8 Å². The van der Waals surface area contributed by atoms with Crippen LogP contribution in [0.2, 0.25) is 0 Å². The van der Waals surface area contributed by atoms with Crippen molar-refractivity contribution in [1.82, 2.24) is 4.90 Å². The summed E-state index contributed by atoms with van der Waals surface area (Å²) in [5, 5.41) is 0. The van der Waals surface area contributed by atoms with Gasteiger partial charge in [-0.1, -0.05) is 6.07 Å². The van der Waals surface area contributed by atoms with Crippen molar-refractivity contribution in [2.24, 2.45) is 0 Å². The normalized spacial score (nSPS) is 14.1. The van der Waals surface area contributed by atoms with Gasteiger partial charge in [0.05, 0.1) is 5.56 Å². The van der Waals surface area contributed by atoms with Crippen LogP contribution in [0.4, 0.5) is 17.6 Å². The number of nitrogens with zero attached hydrogens (tertiary/aromatic N) is 1. The van der Waals surface area contributed by atoms with E-state index in [9.17, 15) is 22.4 Å². The molecule has 2 aromatic carbocycles. The smallest absolute Gasteiger partial charge is 0.419 e. The van der Waals surface area contributed by atoms with Gasteiger partial charge in [-0.15, -0.1) is 11.6 Å².